The number of halogens is 1. The van der Waals surface area contributed by atoms with E-state index >= 15 is 0 Å². The molecule has 25 heavy (non-hydrogen) atoms. The second-order valence-electron chi connectivity index (χ2n) is 6.08. The Labute approximate surface area is 144 Å². The van der Waals surface area contributed by atoms with Gasteiger partial charge in [0.05, 0.1) is 11.6 Å². The molecular weight excluding hydrogens is 321 g/mol. The van der Waals surface area contributed by atoms with Crippen LogP contribution in [0.4, 0.5) is 4.39 Å². The van der Waals surface area contributed by atoms with Gasteiger partial charge in [-0.15, -0.1) is 0 Å². The Morgan fingerprint density at radius 1 is 1.08 bits per heavy atom. The lowest BCUT2D eigenvalue weighted by atomic mass is 9.74. The van der Waals surface area contributed by atoms with Crippen LogP contribution in [0.5, 0.6) is 0 Å². The molecule has 0 bridgehead atoms. The highest BCUT2D eigenvalue weighted by Gasteiger charge is 2.49. The van der Waals surface area contributed by atoms with Crippen molar-refractivity contribution in [3.8, 4) is 6.07 Å². The number of ether oxygens (including phenoxy) is 1. The standard InChI is InChI=1S/C18H16FN5O/c19-12-3-1-11(2-4-12)16-15-14(10-5-7-22-8-6-10)13(9-20)17(21)25-18(15)24-23-16/h1-8,14-16,18,23-24H,21H2. The molecule has 2 aliphatic rings. The van der Waals surface area contributed by atoms with Crippen LogP contribution >= 0.6 is 0 Å². The molecule has 3 heterocycles. The van der Waals surface area contributed by atoms with E-state index in [-0.39, 0.29) is 29.6 Å². The van der Waals surface area contributed by atoms with Gasteiger partial charge < -0.3 is 10.5 Å². The summed E-state index contributed by atoms with van der Waals surface area (Å²) in [7, 11) is 0. The van der Waals surface area contributed by atoms with Crippen molar-refractivity contribution in [2.75, 3.05) is 0 Å². The quantitative estimate of drug-likeness (QED) is 0.774. The summed E-state index contributed by atoms with van der Waals surface area (Å²) in [6, 6.07) is 12.1. The van der Waals surface area contributed by atoms with Gasteiger partial charge >= 0.3 is 0 Å². The van der Waals surface area contributed by atoms with Crippen molar-refractivity contribution in [2.45, 2.75) is 18.2 Å². The lowest BCUT2D eigenvalue weighted by Gasteiger charge is -2.35. The third-order valence-electron chi connectivity index (χ3n) is 4.75. The fourth-order valence-electron chi connectivity index (χ4n) is 3.62. The zero-order chi connectivity index (χ0) is 17.4. The summed E-state index contributed by atoms with van der Waals surface area (Å²) in [5.74, 6) is -0.558. The van der Waals surface area contributed by atoms with Crippen molar-refractivity contribution in [1.82, 2.24) is 15.8 Å². The SMILES string of the molecule is N#CC1=C(N)OC2NNC(c3ccc(F)cc3)C2C1c1ccncc1. The van der Waals surface area contributed by atoms with Crippen molar-refractivity contribution in [3.05, 3.63) is 77.2 Å². The van der Waals surface area contributed by atoms with E-state index in [9.17, 15) is 9.65 Å². The average Bonchev–Trinajstić information content (AvgIpc) is 3.05. The number of pyridine rings is 1. The number of hydrazine groups is 1. The topological polar surface area (TPSA) is 96.0 Å². The molecule has 126 valence electrons. The maximum Gasteiger partial charge on any atom is 0.200 e. The average molecular weight is 337 g/mol. The van der Waals surface area contributed by atoms with Gasteiger partial charge in [0, 0.05) is 24.2 Å². The molecule has 1 aromatic carbocycles. The van der Waals surface area contributed by atoms with Crippen LogP contribution in [0.15, 0.2) is 60.2 Å². The normalized spacial score (nSPS) is 28.2. The number of nitrogens with zero attached hydrogens (tertiary/aromatic N) is 2. The molecule has 4 rings (SSSR count). The number of aromatic nitrogens is 1. The third-order valence-corrected chi connectivity index (χ3v) is 4.75. The van der Waals surface area contributed by atoms with E-state index in [4.69, 9.17) is 10.5 Å². The molecule has 0 saturated carbocycles. The van der Waals surface area contributed by atoms with Gasteiger partial charge in [-0.05, 0) is 35.4 Å². The Morgan fingerprint density at radius 2 is 1.80 bits per heavy atom. The first-order chi connectivity index (χ1) is 12.2. The number of rotatable bonds is 2. The van der Waals surface area contributed by atoms with E-state index in [0.717, 1.165) is 11.1 Å². The maximum absolute atomic E-state index is 13.3. The molecule has 1 aromatic heterocycles. The number of nitriles is 1. The molecule has 2 aromatic rings. The summed E-state index contributed by atoms with van der Waals surface area (Å²) in [5.41, 5.74) is 14.5. The number of allylic oxidation sites excluding steroid dienone is 1. The molecule has 0 spiro atoms. The lowest BCUT2D eigenvalue weighted by molar-refractivity contribution is 0.0340. The highest BCUT2D eigenvalue weighted by atomic mass is 19.1. The van der Waals surface area contributed by atoms with Crippen molar-refractivity contribution >= 4 is 0 Å². The third kappa shape index (κ3) is 2.61. The summed E-state index contributed by atoms with van der Waals surface area (Å²) in [4.78, 5) is 4.05. The molecule has 4 atom stereocenters. The van der Waals surface area contributed by atoms with Gasteiger partial charge in [-0.3, -0.25) is 4.98 Å². The van der Waals surface area contributed by atoms with Crippen molar-refractivity contribution in [2.24, 2.45) is 11.7 Å². The van der Waals surface area contributed by atoms with E-state index in [1.165, 1.54) is 12.1 Å². The summed E-state index contributed by atoms with van der Waals surface area (Å²) in [5, 5.41) is 9.63. The smallest absolute Gasteiger partial charge is 0.200 e. The molecule has 4 N–H and O–H groups in total. The van der Waals surface area contributed by atoms with Gasteiger partial charge in [0.2, 0.25) is 5.88 Å². The lowest BCUT2D eigenvalue weighted by Crippen LogP contribution is -2.40. The van der Waals surface area contributed by atoms with Gasteiger partial charge in [-0.25, -0.2) is 15.2 Å². The number of hydrogen-bond acceptors (Lipinski definition) is 6. The first-order valence-electron chi connectivity index (χ1n) is 7.92. The van der Waals surface area contributed by atoms with Crippen LogP contribution in [-0.2, 0) is 4.74 Å². The summed E-state index contributed by atoms with van der Waals surface area (Å²) in [6.45, 7) is 0. The molecule has 1 fully saturated rings. The van der Waals surface area contributed by atoms with Gasteiger partial charge in [0.15, 0.2) is 6.23 Å². The van der Waals surface area contributed by atoms with Crippen LogP contribution in [-0.4, -0.2) is 11.2 Å². The zero-order valence-electron chi connectivity index (χ0n) is 13.2. The van der Waals surface area contributed by atoms with Gasteiger partial charge in [-0.1, -0.05) is 12.1 Å². The largest absolute Gasteiger partial charge is 0.458 e. The molecule has 0 aliphatic carbocycles. The Morgan fingerprint density at radius 3 is 2.48 bits per heavy atom. The van der Waals surface area contributed by atoms with Gasteiger partial charge in [0.25, 0.3) is 0 Å². The second-order valence-corrected chi connectivity index (χ2v) is 6.08. The molecule has 1 saturated heterocycles. The van der Waals surface area contributed by atoms with Crippen LogP contribution in [0, 0.1) is 23.1 Å². The summed E-state index contributed by atoms with van der Waals surface area (Å²) in [6.07, 6.45) is 2.98. The number of nitrogens with one attached hydrogen (secondary N) is 2. The molecule has 0 amide bonds. The van der Waals surface area contributed by atoms with Crippen LogP contribution in [0.1, 0.15) is 23.1 Å². The minimum Gasteiger partial charge on any atom is -0.458 e. The Hall–Kier alpha value is -2.95. The molecule has 7 heteroatoms. The minimum absolute atomic E-state index is 0.125. The molecule has 2 aliphatic heterocycles. The van der Waals surface area contributed by atoms with Crippen molar-refractivity contribution < 1.29 is 9.13 Å². The van der Waals surface area contributed by atoms with Crippen LogP contribution in [0.3, 0.4) is 0 Å². The predicted octanol–water partition coefficient (Wildman–Crippen LogP) is 1.82. The van der Waals surface area contributed by atoms with Crippen LogP contribution in [0.2, 0.25) is 0 Å². The molecular formula is C18H16FN5O. The Balaban J connectivity index is 1.81. The molecule has 6 nitrogen and oxygen atoms in total. The minimum atomic E-state index is -0.398. The Kier molecular flexibility index (Phi) is 3.84. The fraction of sp³-hybridized carbons (Fsp3) is 0.222. The number of hydrogen-bond donors (Lipinski definition) is 3. The second kappa shape index (κ2) is 6.16. The van der Waals surface area contributed by atoms with Crippen LogP contribution in [0.25, 0.3) is 0 Å². The van der Waals surface area contributed by atoms with E-state index < -0.39 is 6.23 Å². The van der Waals surface area contributed by atoms with Crippen molar-refractivity contribution in [3.63, 3.8) is 0 Å². The maximum atomic E-state index is 13.3. The van der Waals surface area contributed by atoms with Crippen LogP contribution < -0.4 is 16.6 Å². The number of benzene rings is 1. The van der Waals surface area contributed by atoms with Crippen molar-refractivity contribution in [1.29, 1.82) is 5.26 Å². The molecule has 0 radical (unpaired) electrons. The van der Waals surface area contributed by atoms with E-state index in [0.29, 0.717) is 5.57 Å². The predicted molar refractivity (Wildman–Crippen MR) is 87.6 cm³/mol. The first kappa shape index (κ1) is 15.6. The van der Waals surface area contributed by atoms with E-state index in [2.05, 4.69) is 21.9 Å². The zero-order valence-corrected chi connectivity index (χ0v) is 13.2. The summed E-state index contributed by atoms with van der Waals surface area (Å²) >= 11 is 0. The van der Waals surface area contributed by atoms with Gasteiger partial charge in [0.1, 0.15) is 11.9 Å². The monoisotopic (exact) mass is 337 g/mol. The van der Waals surface area contributed by atoms with Gasteiger partial charge in [-0.2, -0.15) is 5.26 Å². The highest BCUT2D eigenvalue weighted by molar-refractivity contribution is 5.42. The number of nitrogens with two attached hydrogens (primary N) is 1. The first-order valence-corrected chi connectivity index (χ1v) is 7.92. The van der Waals surface area contributed by atoms with E-state index in [1.54, 1.807) is 24.5 Å². The van der Waals surface area contributed by atoms with E-state index in [1.807, 2.05) is 12.1 Å². The Bertz CT molecular complexity index is 846. The molecule has 4 unspecified atom stereocenters. The number of fused-ring (bicyclic) bond motifs is 1. The highest BCUT2D eigenvalue weighted by Crippen LogP contribution is 2.47. The fourth-order valence-corrected chi connectivity index (χ4v) is 3.62. The summed E-state index contributed by atoms with van der Waals surface area (Å²) < 4.78 is 19.0.